The van der Waals surface area contributed by atoms with Crippen molar-refractivity contribution >= 4 is 11.8 Å². The highest BCUT2D eigenvalue weighted by molar-refractivity contribution is 5.78. The number of quaternary nitrogens is 1. The number of hydrogen-bond acceptors (Lipinski definition) is 2. The lowest BCUT2D eigenvalue weighted by molar-refractivity contribution is -0.899. The van der Waals surface area contributed by atoms with Gasteiger partial charge in [0.05, 0.1) is 25.0 Å². The summed E-state index contributed by atoms with van der Waals surface area (Å²) in [5, 5.41) is 3.05. The summed E-state index contributed by atoms with van der Waals surface area (Å²) in [5.41, 5.74) is 7.79. The molecule has 126 valence electrons. The average Bonchev–Trinajstić information content (AvgIpc) is 2.55. The van der Waals surface area contributed by atoms with Gasteiger partial charge in [-0.1, -0.05) is 31.2 Å². The van der Waals surface area contributed by atoms with E-state index in [2.05, 4.69) is 36.5 Å². The number of rotatable bonds is 6. The van der Waals surface area contributed by atoms with Crippen molar-refractivity contribution in [2.75, 3.05) is 19.6 Å². The molecular formula is C18H28N3O2+. The van der Waals surface area contributed by atoms with Crippen LogP contribution in [0, 0.1) is 5.92 Å². The van der Waals surface area contributed by atoms with Crippen molar-refractivity contribution in [1.82, 2.24) is 5.32 Å². The van der Waals surface area contributed by atoms with Crippen molar-refractivity contribution < 1.29 is 14.5 Å². The normalized spacial score (nSPS) is 22.3. The van der Waals surface area contributed by atoms with Gasteiger partial charge in [0, 0.05) is 0 Å². The van der Waals surface area contributed by atoms with E-state index in [1.807, 2.05) is 6.92 Å². The zero-order valence-corrected chi connectivity index (χ0v) is 14.1. The minimum atomic E-state index is -0.244. The summed E-state index contributed by atoms with van der Waals surface area (Å²) in [5.74, 6) is -0.310. The standard InChI is InChI=1S/C18H27N3O2/c1-3-14-6-8-15(9-7-14)13(2)20-17(22)12-21-10-4-5-16(11-21)18(19)23/h6-9,13,16H,3-5,10-12H2,1-2H3,(H2,19,23)(H,20,22)/p+1/t13-,16+/m1/s1. The fourth-order valence-corrected chi connectivity index (χ4v) is 3.20. The zero-order chi connectivity index (χ0) is 16.8. The van der Waals surface area contributed by atoms with Crippen LogP contribution >= 0.6 is 0 Å². The third-order valence-electron chi connectivity index (χ3n) is 4.70. The number of carbonyl (C=O) groups excluding carboxylic acids is 2. The molecule has 1 fully saturated rings. The molecule has 4 N–H and O–H groups in total. The molecule has 2 amide bonds. The smallest absolute Gasteiger partial charge is 0.275 e. The topological polar surface area (TPSA) is 76.6 Å². The van der Waals surface area contributed by atoms with Crippen LogP contribution in [0.1, 0.15) is 43.9 Å². The Balaban J connectivity index is 1.84. The van der Waals surface area contributed by atoms with Gasteiger partial charge in [-0.05, 0) is 37.3 Å². The van der Waals surface area contributed by atoms with Crippen LogP contribution in [-0.4, -0.2) is 31.4 Å². The van der Waals surface area contributed by atoms with E-state index in [4.69, 9.17) is 5.73 Å². The number of hydrogen-bond donors (Lipinski definition) is 3. The van der Waals surface area contributed by atoms with Crippen molar-refractivity contribution in [3.05, 3.63) is 35.4 Å². The van der Waals surface area contributed by atoms with Gasteiger partial charge >= 0.3 is 0 Å². The first kappa shape index (κ1) is 17.5. The number of likely N-dealkylation sites (tertiary alicyclic amines) is 1. The predicted octanol–water partition coefficient (Wildman–Crippen LogP) is 0.206. The first-order valence-corrected chi connectivity index (χ1v) is 8.50. The van der Waals surface area contributed by atoms with Crippen LogP contribution in [0.2, 0.25) is 0 Å². The van der Waals surface area contributed by atoms with Gasteiger partial charge < -0.3 is 16.0 Å². The Morgan fingerprint density at radius 2 is 2.04 bits per heavy atom. The number of benzene rings is 1. The molecule has 0 bridgehead atoms. The highest BCUT2D eigenvalue weighted by Crippen LogP contribution is 2.13. The van der Waals surface area contributed by atoms with E-state index in [1.54, 1.807) is 0 Å². The van der Waals surface area contributed by atoms with Crippen molar-refractivity contribution in [3.8, 4) is 0 Å². The van der Waals surface area contributed by atoms with Gasteiger partial charge in [-0.15, -0.1) is 0 Å². The van der Waals surface area contributed by atoms with Gasteiger partial charge in [-0.2, -0.15) is 0 Å². The molecule has 3 atom stereocenters. The largest absolute Gasteiger partial charge is 0.369 e. The summed E-state index contributed by atoms with van der Waals surface area (Å²) in [6, 6.07) is 8.34. The van der Waals surface area contributed by atoms with E-state index < -0.39 is 0 Å². The molecule has 1 heterocycles. The lowest BCUT2D eigenvalue weighted by Crippen LogP contribution is -3.15. The van der Waals surface area contributed by atoms with Gasteiger partial charge in [0.2, 0.25) is 5.91 Å². The number of carbonyl (C=O) groups is 2. The van der Waals surface area contributed by atoms with Crippen LogP contribution in [0.15, 0.2) is 24.3 Å². The molecule has 0 radical (unpaired) electrons. The molecule has 0 aliphatic carbocycles. The number of primary amides is 1. The SMILES string of the molecule is CCc1ccc([C@@H](C)NC(=O)C[NH+]2CCC[C@H](C(N)=O)C2)cc1. The first-order chi connectivity index (χ1) is 11.0. The van der Waals surface area contributed by atoms with Gasteiger partial charge in [0.25, 0.3) is 5.91 Å². The highest BCUT2D eigenvalue weighted by Gasteiger charge is 2.28. The first-order valence-electron chi connectivity index (χ1n) is 8.50. The zero-order valence-electron chi connectivity index (χ0n) is 14.1. The summed E-state index contributed by atoms with van der Waals surface area (Å²) in [6.45, 7) is 6.12. The van der Waals surface area contributed by atoms with E-state index in [0.29, 0.717) is 13.1 Å². The predicted molar refractivity (Wildman–Crippen MR) is 89.9 cm³/mol. The van der Waals surface area contributed by atoms with Gasteiger partial charge in [0.15, 0.2) is 6.54 Å². The van der Waals surface area contributed by atoms with Gasteiger partial charge in [-0.25, -0.2) is 0 Å². The molecule has 5 nitrogen and oxygen atoms in total. The lowest BCUT2D eigenvalue weighted by Gasteiger charge is -2.28. The van der Waals surface area contributed by atoms with Crippen LogP contribution < -0.4 is 16.0 Å². The van der Waals surface area contributed by atoms with E-state index in [9.17, 15) is 9.59 Å². The van der Waals surface area contributed by atoms with Crippen LogP contribution in [-0.2, 0) is 16.0 Å². The molecule has 1 unspecified atom stereocenters. The second kappa shape index (κ2) is 8.11. The molecule has 1 aliphatic rings. The van der Waals surface area contributed by atoms with E-state index in [1.165, 1.54) is 5.56 Å². The number of aryl methyl sites for hydroxylation is 1. The van der Waals surface area contributed by atoms with E-state index in [-0.39, 0.29) is 23.8 Å². The highest BCUT2D eigenvalue weighted by atomic mass is 16.2. The minimum Gasteiger partial charge on any atom is -0.369 e. The lowest BCUT2D eigenvalue weighted by atomic mass is 9.97. The number of amides is 2. The fraction of sp³-hybridized carbons (Fsp3) is 0.556. The maximum Gasteiger partial charge on any atom is 0.275 e. The van der Waals surface area contributed by atoms with Crippen LogP contribution in [0.5, 0.6) is 0 Å². The Hall–Kier alpha value is -1.88. The Labute approximate surface area is 138 Å². The molecule has 1 aromatic rings. The molecule has 5 heteroatoms. The van der Waals surface area contributed by atoms with E-state index in [0.717, 1.165) is 36.3 Å². The number of piperidine rings is 1. The van der Waals surface area contributed by atoms with Crippen LogP contribution in [0.4, 0.5) is 0 Å². The molecule has 1 aromatic carbocycles. The van der Waals surface area contributed by atoms with Crippen LogP contribution in [0.25, 0.3) is 0 Å². The monoisotopic (exact) mass is 318 g/mol. The molecule has 0 saturated carbocycles. The van der Waals surface area contributed by atoms with Gasteiger partial charge in [0.1, 0.15) is 0 Å². The van der Waals surface area contributed by atoms with Crippen molar-refractivity contribution in [2.45, 2.75) is 39.2 Å². The average molecular weight is 318 g/mol. The molecule has 2 rings (SSSR count). The van der Waals surface area contributed by atoms with Crippen molar-refractivity contribution in [3.63, 3.8) is 0 Å². The second-order valence-corrected chi connectivity index (χ2v) is 6.51. The Morgan fingerprint density at radius 1 is 1.35 bits per heavy atom. The maximum atomic E-state index is 12.2. The molecule has 1 aliphatic heterocycles. The molecule has 0 spiro atoms. The third-order valence-corrected chi connectivity index (χ3v) is 4.70. The quantitative estimate of drug-likeness (QED) is 0.701. The summed E-state index contributed by atoms with van der Waals surface area (Å²) < 4.78 is 0. The summed E-state index contributed by atoms with van der Waals surface area (Å²) in [6.07, 6.45) is 2.81. The Bertz CT molecular complexity index is 542. The summed E-state index contributed by atoms with van der Waals surface area (Å²) in [7, 11) is 0. The minimum absolute atomic E-state index is 0.00969. The molecule has 0 aromatic heterocycles. The van der Waals surface area contributed by atoms with Crippen molar-refractivity contribution in [2.24, 2.45) is 11.7 Å². The van der Waals surface area contributed by atoms with E-state index >= 15 is 0 Å². The molecular weight excluding hydrogens is 290 g/mol. The molecule has 23 heavy (non-hydrogen) atoms. The number of nitrogens with two attached hydrogens (primary N) is 1. The Kier molecular flexibility index (Phi) is 6.16. The third kappa shape index (κ3) is 5.06. The van der Waals surface area contributed by atoms with Gasteiger partial charge in [-0.3, -0.25) is 9.59 Å². The van der Waals surface area contributed by atoms with Crippen LogP contribution in [0.3, 0.4) is 0 Å². The summed E-state index contributed by atoms with van der Waals surface area (Å²) >= 11 is 0. The fourth-order valence-electron chi connectivity index (χ4n) is 3.20. The number of nitrogens with one attached hydrogen (secondary N) is 2. The second-order valence-electron chi connectivity index (χ2n) is 6.51. The van der Waals surface area contributed by atoms with Crippen molar-refractivity contribution in [1.29, 1.82) is 0 Å². The Morgan fingerprint density at radius 3 is 2.65 bits per heavy atom. The molecule has 1 saturated heterocycles. The maximum absolute atomic E-state index is 12.2. The summed E-state index contributed by atoms with van der Waals surface area (Å²) in [4.78, 5) is 24.7.